The summed E-state index contributed by atoms with van der Waals surface area (Å²) in [5.41, 5.74) is 0. The van der Waals surface area contributed by atoms with E-state index in [-0.39, 0.29) is 12.4 Å². The Labute approximate surface area is 179 Å². The normalized spacial score (nSPS) is 12.7. The molecule has 1 atom stereocenters. The molecule has 0 aromatic carbocycles. The number of hydrogen-bond acceptors (Lipinski definition) is 3. The molecule has 0 fully saturated rings. The Hall–Kier alpha value is -1.10. The van der Waals surface area contributed by atoms with E-state index in [1.165, 1.54) is 77.0 Å². The Bertz CT molecular complexity index is 418. The molecule has 0 aliphatic carbocycles. The first-order chi connectivity index (χ1) is 13.7. The zero-order chi connectivity index (χ0) is 22.0. The van der Waals surface area contributed by atoms with Crippen molar-refractivity contribution in [1.82, 2.24) is 0 Å². The van der Waals surface area contributed by atoms with Crippen LogP contribution in [0.2, 0.25) is 0 Å². The molecule has 0 amide bonds. The molecule has 0 aromatic heterocycles. The number of esters is 1. The molecule has 5 heteroatoms. The zero-order valence-corrected chi connectivity index (χ0v) is 19.7. The summed E-state index contributed by atoms with van der Waals surface area (Å²) in [4.78, 5) is 23.0. The molecule has 0 saturated heterocycles. The quantitative estimate of drug-likeness (QED) is 0.152. The van der Waals surface area contributed by atoms with E-state index in [0.717, 1.165) is 12.8 Å². The van der Waals surface area contributed by atoms with Crippen molar-refractivity contribution in [1.29, 1.82) is 0 Å². The second-order valence-electron chi connectivity index (χ2n) is 9.53. The largest absolute Gasteiger partial charge is 0.481 e. The third-order valence-corrected chi connectivity index (χ3v) is 5.19. The Kier molecular flexibility index (Phi) is 17.1. The van der Waals surface area contributed by atoms with Gasteiger partial charge in [0.25, 0.3) is 0 Å². The Balaban J connectivity index is 3.59. The molecule has 5 nitrogen and oxygen atoms in total. The van der Waals surface area contributed by atoms with Crippen LogP contribution in [0.3, 0.4) is 0 Å². The molecular weight excluding hydrogens is 366 g/mol. The van der Waals surface area contributed by atoms with Gasteiger partial charge in [-0.3, -0.25) is 9.59 Å². The highest BCUT2D eigenvalue weighted by Gasteiger charge is 2.24. The van der Waals surface area contributed by atoms with E-state index in [1.54, 1.807) is 0 Å². The smallest absolute Gasteiger partial charge is 0.307 e. The van der Waals surface area contributed by atoms with E-state index >= 15 is 0 Å². The topological polar surface area (TPSA) is 63.6 Å². The van der Waals surface area contributed by atoms with Crippen molar-refractivity contribution in [2.24, 2.45) is 0 Å². The number of carboxylic acid groups (broad SMARTS) is 1. The minimum Gasteiger partial charge on any atom is -0.481 e. The summed E-state index contributed by atoms with van der Waals surface area (Å²) in [5.74, 6) is -1.18. The number of rotatable bonds is 20. The number of nitrogens with zero attached hydrogens (tertiary/aromatic N) is 1. The summed E-state index contributed by atoms with van der Waals surface area (Å²) in [6.45, 7) is 2.77. The molecule has 0 aliphatic rings. The summed E-state index contributed by atoms with van der Waals surface area (Å²) in [7, 11) is 5.91. The first kappa shape index (κ1) is 27.9. The Morgan fingerprint density at radius 3 is 1.55 bits per heavy atom. The number of likely N-dealkylation sites (N-methyl/N-ethyl adjacent to an activating group) is 1. The van der Waals surface area contributed by atoms with Crippen LogP contribution in [-0.2, 0) is 14.3 Å². The van der Waals surface area contributed by atoms with E-state index in [1.807, 2.05) is 21.1 Å². The van der Waals surface area contributed by atoms with Crippen molar-refractivity contribution >= 4 is 11.9 Å². The second kappa shape index (κ2) is 17.7. The van der Waals surface area contributed by atoms with Crippen LogP contribution in [0.5, 0.6) is 0 Å². The standard InChI is InChI=1S/C24H47NO4/c1-5-6-7-8-9-10-11-12-13-14-15-16-17-18-19-24(28)29-22(20-23(26)27)21-25(2,3)4/h22H,5-21H2,1-4H3/p+1/t22-/m0/s1. The highest BCUT2D eigenvalue weighted by molar-refractivity contribution is 5.71. The minimum atomic E-state index is -0.923. The lowest BCUT2D eigenvalue weighted by Crippen LogP contribution is -2.43. The molecule has 0 unspecified atom stereocenters. The van der Waals surface area contributed by atoms with Crippen molar-refractivity contribution < 1.29 is 23.9 Å². The number of carboxylic acids is 1. The van der Waals surface area contributed by atoms with Crippen LogP contribution >= 0.6 is 0 Å². The number of carbonyl (C=O) groups excluding carboxylic acids is 1. The van der Waals surface area contributed by atoms with Crippen LogP contribution in [0.25, 0.3) is 0 Å². The van der Waals surface area contributed by atoms with Crippen molar-refractivity contribution in [2.45, 2.75) is 116 Å². The van der Waals surface area contributed by atoms with Gasteiger partial charge in [-0.15, -0.1) is 0 Å². The van der Waals surface area contributed by atoms with Crippen LogP contribution in [0, 0.1) is 0 Å². The van der Waals surface area contributed by atoms with E-state index in [2.05, 4.69) is 6.92 Å². The van der Waals surface area contributed by atoms with Gasteiger partial charge in [-0.2, -0.15) is 0 Å². The fraction of sp³-hybridized carbons (Fsp3) is 0.917. The number of aliphatic carboxylic acids is 1. The van der Waals surface area contributed by atoms with Gasteiger partial charge in [-0.05, 0) is 6.42 Å². The van der Waals surface area contributed by atoms with Gasteiger partial charge in [0.1, 0.15) is 6.54 Å². The van der Waals surface area contributed by atoms with Crippen LogP contribution in [0.4, 0.5) is 0 Å². The van der Waals surface area contributed by atoms with Crippen molar-refractivity contribution in [3.63, 3.8) is 0 Å². The molecular formula is C24H48NO4+. The van der Waals surface area contributed by atoms with Crippen molar-refractivity contribution in [3.05, 3.63) is 0 Å². The Morgan fingerprint density at radius 1 is 0.759 bits per heavy atom. The summed E-state index contributed by atoms with van der Waals surface area (Å²) in [6.07, 6.45) is 17.7. The zero-order valence-electron chi connectivity index (χ0n) is 19.7. The highest BCUT2D eigenvalue weighted by Crippen LogP contribution is 2.14. The summed E-state index contributed by atoms with van der Waals surface area (Å²) in [5, 5.41) is 9.00. The summed E-state index contributed by atoms with van der Waals surface area (Å²) < 4.78 is 5.99. The third-order valence-electron chi connectivity index (χ3n) is 5.19. The molecule has 0 radical (unpaired) electrons. The van der Waals surface area contributed by atoms with E-state index in [9.17, 15) is 9.59 Å². The van der Waals surface area contributed by atoms with Gasteiger partial charge in [-0.1, -0.05) is 90.4 Å². The number of carbonyl (C=O) groups is 2. The van der Waals surface area contributed by atoms with Gasteiger partial charge < -0.3 is 14.3 Å². The predicted octanol–water partition coefficient (Wildman–Crippen LogP) is 5.95. The maximum Gasteiger partial charge on any atom is 0.307 e. The average Bonchev–Trinajstić information content (AvgIpc) is 2.60. The van der Waals surface area contributed by atoms with Gasteiger partial charge in [0.15, 0.2) is 6.10 Å². The monoisotopic (exact) mass is 414 g/mol. The fourth-order valence-electron chi connectivity index (χ4n) is 3.66. The third kappa shape index (κ3) is 21.4. The number of unbranched alkanes of at least 4 members (excludes halogenated alkanes) is 13. The maximum atomic E-state index is 12.0. The number of ether oxygens (including phenoxy) is 1. The Morgan fingerprint density at radius 2 is 1.17 bits per heavy atom. The molecule has 29 heavy (non-hydrogen) atoms. The molecule has 0 saturated carbocycles. The van der Waals surface area contributed by atoms with Crippen LogP contribution in [0.1, 0.15) is 110 Å². The van der Waals surface area contributed by atoms with E-state index < -0.39 is 12.1 Å². The van der Waals surface area contributed by atoms with Gasteiger partial charge in [0.05, 0.1) is 27.6 Å². The average molecular weight is 415 g/mol. The summed E-state index contributed by atoms with van der Waals surface area (Å²) in [6, 6.07) is 0. The molecule has 172 valence electrons. The van der Waals surface area contributed by atoms with Crippen LogP contribution in [-0.4, -0.2) is 55.3 Å². The molecule has 0 rings (SSSR count). The SMILES string of the molecule is CCCCCCCCCCCCCCCCC(=O)O[C@@H](CC(=O)O)C[N+](C)(C)C. The molecule has 0 spiro atoms. The first-order valence-corrected chi connectivity index (χ1v) is 12.0. The highest BCUT2D eigenvalue weighted by atomic mass is 16.5. The van der Waals surface area contributed by atoms with Gasteiger partial charge in [0.2, 0.25) is 0 Å². The lowest BCUT2D eigenvalue weighted by atomic mass is 10.0. The number of quaternary nitrogens is 1. The molecule has 0 heterocycles. The molecule has 0 aliphatic heterocycles. The summed E-state index contributed by atoms with van der Waals surface area (Å²) >= 11 is 0. The molecule has 0 bridgehead atoms. The lowest BCUT2D eigenvalue weighted by molar-refractivity contribution is -0.873. The first-order valence-electron chi connectivity index (χ1n) is 12.0. The minimum absolute atomic E-state index is 0.125. The lowest BCUT2D eigenvalue weighted by Gasteiger charge is -2.28. The van der Waals surface area contributed by atoms with Gasteiger partial charge >= 0.3 is 11.9 Å². The van der Waals surface area contributed by atoms with Gasteiger partial charge in [-0.25, -0.2) is 0 Å². The fourth-order valence-corrected chi connectivity index (χ4v) is 3.66. The van der Waals surface area contributed by atoms with Crippen LogP contribution in [0.15, 0.2) is 0 Å². The van der Waals surface area contributed by atoms with Gasteiger partial charge in [0, 0.05) is 6.42 Å². The maximum absolute atomic E-state index is 12.0. The van der Waals surface area contributed by atoms with Crippen molar-refractivity contribution in [2.75, 3.05) is 27.7 Å². The molecule has 0 aromatic rings. The van der Waals surface area contributed by atoms with Crippen LogP contribution < -0.4 is 0 Å². The predicted molar refractivity (Wildman–Crippen MR) is 120 cm³/mol. The van der Waals surface area contributed by atoms with E-state index in [4.69, 9.17) is 9.84 Å². The number of hydrogen-bond donors (Lipinski definition) is 1. The second-order valence-corrected chi connectivity index (χ2v) is 9.53. The molecule has 1 N–H and O–H groups in total. The van der Waals surface area contributed by atoms with E-state index in [0.29, 0.717) is 17.4 Å². The van der Waals surface area contributed by atoms with Crippen molar-refractivity contribution in [3.8, 4) is 0 Å².